The summed E-state index contributed by atoms with van der Waals surface area (Å²) in [5, 5.41) is 0. The standard InChI is InChI=1S/C6H9F3N2O.ClH/c7-6(8,9)5(12)11-2-1-4(10)3-11;/h4H,1-3,10H2;1H/t4-;/m1./s1. The van der Waals surface area contributed by atoms with Crippen LogP contribution in [0.1, 0.15) is 6.42 Å². The fourth-order valence-corrected chi connectivity index (χ4v) is 1.15. The highest BCUT2D eigenvalue weighted by molar-refractivity contribution is 5.85. The molecule has 0 radical (unpaired) electrons. The van der Waals surface area contributed by atoms with Crippen LogP contribution in [0.5, 0.6) is 0 Å². The third kappa shape index (κ3) is 3.04. The Labute approximate surface area is 79.5 Å². The van der Waals surface area contributed by atoms with Crippen molar-refractivity contribution >= 4 is 18.3 Å². The van der Waals surface area contributed by atoms with Gasteiger partial charge in [-0.2, -0.15) is 13.2 Å². The summed E-state index contributed by atoms with van der Waals surface area (Å²) in [6.45, 7) is 0.123. The molecule has 1 saturated heterocycles. The van der Waals surface area contributed by atoms with Gasteiger partial charge in [0.15, 0.2) is 0 Å². The molecule has 0 aliphatic carbocycles. The normalized spacial score (nSPS) is 22.8. The van der Waals surface area contributed by atoms with Crippen molar-refractivity contribution in [1.82, 2.24) is 4.90 Å². The third-order valence-corrected chi connectivity index (χ3v) is 1.75. The van der Waals surface area contributed by atoms with Gasteiger partial charge in [0.25, 0.3) is 0 Å². The minimum absolute atomic E-state index is 0. The number of likely N-dealkylation sites (tertiary alicyclic amines) is 1. The van der Waals surface area contributed by atoms with Crippen molar-refractivity contribution < 1.29 is 18.0 Å². The average Bonchev–Trinajstić information content (AvgIpc) is 2.32. The molecule has 1 aliphatic rings. The summed E-state index contributed by atoms with van der Waals surface area (Å²) in [5.74, 6) is -1.78. The summed E-state index contributed by atoms with van der Waals surface area (Å²) < 4.78 is 35.4. The molecule has 0 aromatic heterocycles. The molecule has 0 aromatic carbocycles. The summed E-state index contributed by atoms with van der Waals surface area (Å²) in [5.41, 5.74) is 5.34. The van der Waals surface area contributed by atoms with Crippen LogP contribution in [0.15, 0.2) is 0 Å². The van der Waals surface area contributed by atoms with E-state index in [-0.39, 0.29) is 31.5 Å². The molecule has 1 heterocycles. The van der Waals surface area contributed by atoms with E-state index in [1.807, 2.05) is 0 Å². The molecular formula is C6H10ClF3N2O. The van der Waals surface area contributed by atoms with Crippen molar-refractivity contribution in [1.29, 1.82) is 0 Å². The van der Waals surface area contributed by atoms with Gasteiger partial charge in [-0.15, -0.1) is 12.4 Å². The van der Waals surface area contributed by atoms with Crippen LogP contribution in [0.2, 0.25) is 0 Å². The lowest BCUT2D eigenvalue weighted by atomic mass is 10.3. The number of carbonyl (C=O) groups excluding carboxylic acids is 1. The monoisotopic (exact) mass is 218 g/mol. The average molecular weight is 219 g/mol. The SMILES string of the molecule is Cl.N[C@@H]1CCN(C(=O)C(F)(F)F)C1. The van der Waals surface area contributed by atoms with Gasteiger partial charge in [0, 0.05) is 19.1 Å². The molecule has 1 atom stereocenters. The Bertz CT molecular complexity index is 197. The highest BCUT2D eigenvalue weighted by atomic mass is 35.5. The molecule has 0 unspecified atom stereocenters. The Hall–Kier alpha value is -0.490. The molecule has 3 nitrogen and oxygen atoms in total. The minimum Gasteiger partial charge on any atom is -0.333 e. The van der Waals surface area contributed by atoms with Crippen molar-refractivity contribution in [2.24, 2.45) is 5.73 Å². The lowest BCUT2D eigenvalue weighted by Gasteiger charge is -2.16. The topological polar surface area (TPSA) is 46.3 Å². The molecule has 0 bridgehead atoms. The largest absolute Gasteiger partial charge is 0.471 e. The van der Waals surface area contributed by atoms with Crippen LogP contribution >= 0.6 is 12.4 Å². The summed E-state index contributed by atoms with van der Waals surface area (Å²) in [4.78, 5) is 11.3. The zero-order valence-corrected chi connectivity index (χ0v) is 7.49. The molecule has 1 fully saturated rings. The first-order valence-electron chi connectivity index (χ1n) is 3.53. The molecule has 1 rings (SSSR count). The van der Waals surface area contributed by atoms with E-state index >= 15 is 0 Å². The molecule has 0 spiro atoms. The van der Waals surface area contributed by atoms with E-state index in [4.69, 9.17) is 5.73 Å². The van der Waals surface area contributed by atoms with Crippen LogP contribution in [0.4, 0.5) is 13.2 Å². The Morgan fingerprint density at radius 3 is 2.31 bits per heavy atom. The molecule has 78 valence electrons. The van der Waals surface area contributed by atoms with Gasteiger partial charge in [-0.3, -0.25) is 4.79 Å². The summed E-state index contributed by atoms with van der Waals surface area (Å²) in [6, 6.07) is -0.309. The van der Waals surface area contributed by atoms with Crippen molar-refractivity contribution in [2.75, 3.05) is 13.1 Å². The van der Waals surface area contributed by atoms with E-state index < -0.39 is 12.1 Å². The predicted molar refractivity (Wildman–Crippen MR) is 42.5 cm³/mol. The Morgan fingerprint density at radius 1 is 1.46 bits per heavy atom. The maximum absolute atomic E-state index is 11.8. The van der Waals surface area contributed by atoms with E-state index in [1.54, 1.807) is 0 Å². The van der Waals surface area contributed by atoms with Gasteiger partial charge in [-0.1, -0.05) is 0 Å². The zero-order chi connectivity index (χ0) is 9.35. The number of carbonyl (C=O) groups is 1. The van der Waals surface area contributed by atoms with Gasteiger partial charge in [-0.05, 0) is 6.42 Å². The smallest absolute Gasteiger partial charge is 0.333 e. The highest BCUT2D eigenvalue weighted by Gasteiger charge is 2.43. The second-order valence-electron chi connectivity index (χ2n) is 2.80. The summed E-state index contributed by atoms with van der Waals surface area (Å²) in [7, 11) is 0. The van der Waals surface area contributed by atoms with Crippen LogP contribution in [-0.4, -0.2) is 36.1 Å². The van der Waals surface area contributed by atoms with Gasteiger partial charge >= 0.3 is 12.1 Å². The van der Waals surface area contributed by atoms with Gasteiger partial charge in [0.2, 0.25) is 0 Å². The molecular weight excluding hydrogens is 209 g/mol. The van der Waals surface area contributed by atoms with Crippen LogP contribution in [0, 0.1) is 0 Å². The van der Waals surface area contributed by atoms with E-state index in [0.29, 0.717) is 6.42 Å². The number of amides is 1. The second kappa shape index (κ2) is 4.15. The van der Waals surface area contributed by atoms with Crippen molar-refractivity contribution in [3.05, 3.63) is 0 Å². The Morgan fingerprint density at radius 2 is 2.00 bits per heavy atom. The number of nitrogens with zero attached hydrogens (tertiary/aromatic N) is 1. The van der Waals surface area contributed by atoms with E-state index in [0.717, 1.165) is 4.90 Å². The number of rotatable bonds is 0. The maximum atomic E-state index is 11.8. The first kappa shape index (κ1) is 12.5. The fraction of sp³-hybridized carbons (Fsp3) is 0.833. The highest BCUT2D eigenvalue weighted by Crippen LogP contribution is 2.20. The van der Waals surface area contributed by atoms with Crippen LogP contribution in [0.3, 0.4) is 0 Å². The van der Waals surface area contributed by atoms with Crippen molar-refractivity contribution in [3.8, 4) is 0 Å². The number of alkyl halides is 3. The van der Waals surface area contributed by atoms with Crippen LogP contribution in [0.25, 0.3) is 0 Å². The quantitative estimate of drug-likeness (QED) is 0.645. The molecule has 1 aliphatic heterocycles. The second-order valence-corrected chi connectivity index (χ2v) is 2.80. The first-order chi connectivity index (χ1) is 5.41. The Balaban J connectivity index is 0.00000144. The number of halogens is 4. The van der Waals surface area contributed by atoms with Crippen LogP contribution in [-0.2, 0) is 4.79 Å². The predicted octanol–water partition coefficient (Wildman–Crippen LogP) is 0.530. The fourth-order valence-electron chi connectivity index (χ4n) is 1.15. The van der Waals surface area contributed by atoms with Gasteiger partial charge in [-0.25, -0.2) is 0 Å². The number of hydrogen-bond donors (Lipinski definition) is 1. The zero-order valence-electron chi connectivity index (χ0n) is 6.67. The van der Waals surface area contributed by atoms with Gasteiger partial charge in [0.1, 0.15) is 0 Å². The van der Waals surface area contributed by atoms with E-state index in [1.165, 1.54) is 0 Å². The molecule has 0 saturated carbocycles. The van der Waals surface area contributed by atoms with Crippen molar-refractivity contribution in [2.45, 2.75) is 18.6 Å². The van der Waals surface area contributed by atoms with Gasteiger partial charge in [0.05, 0.1) is 0 Å². The van der Waals surface area contributed by atoms with Crippen LogP contribution < -0.4 is 5.73 Å². The Kier molecular flexibility index (Phi) is 3.99. The van der Waals surface area contributed by atoms with E-state index in [9.17, 15) is 18.0 Å². The molecule has 1 amide bonds. The van der Waals surface area contributed by atoms with Crippen molar-refractivity contribution in [3.63, 3.8) is 0 Å². The minimum atomic E-state index is -4.76. The summed E-state index contributed by atoms with van der Waals surface area (Å²) >= 11 is 0. The van der Waals surface area contributed by atoms with Gasteiger partial charge < -0.3 is 10.6 Å². The molecule has 2 N–H and O–H groups in total. The number of hydrogen-bond acceptors (Lipinski definition) is 2. The lowest BCUT2D eigenvalue weighted by Crippen LogP contribution is -2.40. The first-order valence-corrected chi connectivity index (χ1v) is 3.53. The molecule has 13 heavy (non-hydrogen) atoms. The maximum Gasteiger partial charge on any atom is 0.471 e. The number of nitrogens with two attached hydrogens (primary N) is 1. The summed E-state index contributed by atoms with van der Waals surface area (Å²) in [6.07, 6.45) is -4.31. The molecule has 7 heteroatoms. The molecule has 0 aromatic rings. The van der Waals surface area contributed by atoms with E-state index in [2.05, 4.69) is 0 Å². The lowest BCUT2D eigenvalue weighted by molar-refractivity contribution is -0.184. The third-order valence-electron chi connectivity index (χ3n) is 1.75.